The van der Waals surface area contributed by atoms with E-state index >= 15 is 0 Å². The lowest BCUT2D eigenvalue weighted by molar-refractivity contribution is -0.385. The molecule has 1 heterocycles. The molecular formula is C9H7FN4O4. The highest BCUT2D eigenvalue weighted by Gasteiger charge is 2.20. The summed E-state index contributed by atoms with van der Waals surface area (Å²) in [4.78, 5) is 13.5. The third-order valence-electron chi connectivity index (χ3n) is 2.14. The monoisotopic (exact) mass is 254 g/mol. The number of hydrogen-bond donors (Lipinski definition) is 2. The number of rotatable bonds is 3. The van der Waals surface area contributed by atoms with Crippen LogP contribution in [0.1, 0.15) is 5.89 Å². The minimum atomic E-state index is -1.14. The molecule has 0 aliphatic rings. The van der Waals surface area contributed by atoms with Crippen molar-refractivity contribution in [2.24, 2.45) is 5.73 Å². The van der Waals surface area contributed by atoms with E-state index in [0.29, 0.717) is 6.07 Å². The van der Waals surface area contributed by atoms with Crippen molar-refractivity contribution in [2.45, 2.75) is 6.54 Å². The van der Waals surface area contributed by atoms with Crippen LogP contribution >= 0.6 is 0 Å². The van der Waals surface area contributed by atoms with Crippen molar-refractivity contribution in [1.82, 2.24) is 10.1 Å². The Kier molecular flexibility index (Phi) is 2.90. The molecule has 0 saturated carbocycles. The molecule has 0 atom stereocenters. The van der Waals surface area contributed by atoms with Gasteiger partial charge < -0.3 is 15.4 Å². The number of hydrogen-bond acceptors (Lipinski definition) is 7. The Balaban J connectivity index is 2.58. The summed E-state index contributed by atoms with van der Waals surface area (Å²) in [5, 5.41) is 23.5. The second-order valence-corrected chi connectivity index (χ2v) is 3.30. The van der Waals surface area contributed by atoms with Crippen LogP contribution in [-0.2, 0) is 6.54 Å². The molecule has 0 radical (unpaired) electrons. The zero-order valence-electron chi connectivity index (χ0n) is 8.83. The Labute approximate surface area is 99.0 Å². The minimum Gasteiger partial charge on any atom is -0.504 e. The molecule has 0 unspecified atom stereocenters. The van der Waals surface area contributed by atoms with Crippen molar-refractivity contribution >= 4 is 5.69 Å². The van der Waals surface area contributed by atoms with Crippen LogP contribution in [0.3, 0.4) is 0 Å². The highest BCUT2D eigenvalue weighted by atomic mass is 19.1. The number of nitrogens with two attached hydrogens (primary N) is 1. The second-order valence-electron chi connectivity index (χ2n) is 3.30. The standard InChI is InChI=1S/C9H7FN4O4/c10-6-2-4(14(16)17)1-5(8(6)15)9-12-7(3-11)18-13-9/h1-2,15H,3,11H2. The number of halogens is 1. The Bertz CT molecular complexity index is 613. The molecule has 2 rings (SSSR count). The number of nitrogens with zero attached hydrogens (tertiary/aromatic N) is 3. The van der Waals surface area contributed by atoms with Gasteiger partial charge >= 0.3 is 0 Å². The molecule has 0 saturated heterocycles. The molecule has 0 aliphatic carbocycles. The number of phenols is 1. The van der Waals surface area contributed by atoms with Crippen LogP contribution < -0.4 is 5.73 Å². The number of nitro benzene ring substituents is 1. The number of benzene rings is 1. The molecule has 18 heavy (non-hydrogen) atoms. The van der Waals surface area contributed by atoms with Gasteiger partial charge in [-0.25, -0.2) is 4.39 Å². The van der Waals surface area contributed by atoms with Crippen LogP contribution in [0.4, 0.5) is 10.1 Å². The fourth-order valence-corrected chi connectivity index (χ4v) is 1.31. The predicted octanol–water partition coefficient (Wildman–Crippen LogP) is 0.948. The number of non-ortho nitro benzene ring substituents is 1. The van der Waals surface area contributed by atoms with Gasteiger partial charge in [0.25, 0.3) is 5.69 Å². The predicted molar refractivity (Wildman–Crippen MR) is 55.9 cm³/mol. The van der Waals surface area contributed by atoms with Gasteiger partial charge in [-0.15, -0.1) is 0 Å². The van der Waals surface area contributed by atoms with Crippen molar-refractivity contribution in [3.05, 3.63) is 34.0 Å². The molecule has 8 nitrogen and oxygen atoms in total. The topological polar surface area (TPSA) is 128 Å². The molecule has 94 valence electrons. The zero-order valence-corrected chi connectivity index (χ0v) is 8.83. The number of nitro groups is 1. The molecule has 0 aliphatic heterocycles. The van der Waals surface area contributed by atoms with Crippen LogP contribution in [0, 0.1) is 15.9 Å². The number of aromatic nitrogens is 2. The van der Waals surface area contributed by atoms with Crippen molar-refractivity contribution in [1.29, 1.82) is 0 Å². The van der Waals surface area contributed by atoms with Crippen LogP contribution in [0.2, 0.25) is 0 Å². The molecule has 3 N–H and O–H groups in total. The maximum absolute atomic E-state index is 13.3. The van der Waals surface area contributed by atoms with E-state index in [9.17, 15) is 19.6 Å². The lowest BCUT2D eigenvalue weighted by Crippen LogP contribution is -1.96. The van der Waals surface area contributed by atoms with Gasteiger partial charge in [0.15, 0.2) is 11.6 Å². The van der Waals surface area contributed by atoms with E-state index in [-0.39, 0.29) is 23.8 Å². The Morgan fingerprint density at radius 2 is 2.28 bits per heavy atom. The van der Waals surface area contributed by atoms with Crippen molar-refractivity contribution in [2.75, 3.05) is 0 Å². The van der Waals surface area contributed by atoms with Crippen LogP contribution in [-0.4, -0.2) is 20.2 Å². The fourth-order valence-electron chi connectivity index (χ4n) is 1.31. The summed E-state index contributed by atoms with van der Waals surface area (Å²) < 4.78 is 18.0. The maximum atomic E-state index is 13.3. The van der Waals surface area contributed by atoms with Crippen LogP contribution in [0.15, 0.2) is 16.7 Å². The van der Waals surface area contributed by atoms with E-state index in [4.69, 9.17) is 5.73 Å². The van der Waals surface area contributed by atoms with E-state index in [1.807, 2.05) is 0 Å². The fraction of sp³-hybridized carbons (Fsp3) is 0.111. The first-order chi connectivity index (χ1) is 8.52. The summed E-state index contributed by atoms with van der Waals surface area (Å²) >= 11 is 0. The molecule has 0 fully saturated rings. The third kappa shape index (κ3) is 1.98. The quantitative estimate of drug-likeness (QED) is 0.616. The molecule has 2 aromatic rings. The van der Waals surface area contributed by atoms with E-state index < -0.39 is 22.2 Å². The van der Waals surface area contributed by atoms with E-state index in [1.54, 1.807) is 0 Å². The van der Waals surface area contributed by atoms with E-state index in [0.717, 1.165) is 6.07 Å². The lowest BCUT2D eigenvalue weighted by atomic mass is 10.1. The van der Waals surface area contributed by atoms with E-state index in [1.165, 1.54) is 0 Å². The Hall–Kier alpha value is -2.55. The van der Waals surface area contributed by atoms with Gasteiger partial charge in [-0.2, -0.15) is 4.98 Å². The van der Waals surface area contributed by atoms with Gasteiger partial charge in [0.05, 0.1) is 23.1 Å². The molecule has 1 aromatic carbocycles. The Morgan fingerprint density at radius 3 is 2.83 bits per heavy atom. The van der Waals surface area contributed by atoms with Gasteiger partial charge in [-0.1, -0.05) is 5.16 Å². The average molecular weight is 254 g/mol. The van der Waals surface area contributed by atoms with Crippen molar-refractivity contribution < 1.29 is 18.9 Å². The van der Waals surface area contributed by atoms with Gasteiger partial charge in [-0.3, -0.25) is 10.1 Å². The number of phenolic OH excluding ortho intramolecular Hbond substituents is 1. The highest BCUT2D eigenvalue weighted by Crippen LogP contribution is 2.33. The summed E-state index contributed by atoms with van der Waals surface area (Å²) in [6, 6.07) is 1.55. The average Bonchev–Trinajstić information content (AvgIpc) is 2.80. The minimum absolute atomic E-state index is 0.0365. The lowest BCUT2D eigenvalue weighted by Gasteiger charge is -2.01. The molecule has 0 amide bonds. The van der Waals surface area contributed by atoms with Crippen LogP contribution in [0.25, 0.3) is 11.4 Å². The number of aromatic hydroxyl groups is 1. The summed E-state index contributed by atoms with van der Waals surface area (Å²) in [5.41, 5.74) is 4.49. The third-order valence-corrected chi connectivity index (χ3v) is 2.14. The molecule has 9 heteroatoms. The first-order valence-electron chi connectivity index (χ1n) is 4.73. The molecule has 1 aromatic heterocycles. The van der Waals surface area contributed by atoms with Gasteiger partial charge in [0.1, 0.15) is 0 Å². The highest BCUT2D eigenvalue weighted by molar-refractivity contribution is 5.67. The zero-order chi connectivity index (χ0) is 13.3. The molecule has 0 bridgehead atoms. The van der Waals surface area contributed by atoms with Crippen molar-refractivity contribution in [3.63, 3.8) is 0 Å². The van der Waals surface area contributed by atoms with Gasteiger partial charge in [0, 0.05) is 6.07 Å². The van der Waals surface area contributed by atoms with Gasteiger partial charge in [-0.05, 0) is 0 Å². The summed E-state index contributed by atoms with van der Waals surface area (Å²) in [5.74, 6) is -2.03. The summed E-state index contributed by atoms with van der Waals surface area (Å²) in [7, 11) is 0. The first kappa shape index (κ1) is 11.9. The Morgan fingerprint density at radius 1 is 1.56 bits per heavy atom. The van der Waals surface area contributed by atoms with Crippen LogP contribution in [0.5, 0.6) is 5.75 Å². The first-order valence-corrected chi connectivity index (χ1v) is 4.73. The van der Waals surface area contributed by atoms with Gasteiger partial charge in [0.2, 0.25) is 11.7 Å². The smallest absolute Gasteiger partial charge is 0.273 e. The van der Waals surface area contributed by atoms with E-state index in [2.05, 4.69) is 14.7 Å². The SMILES string of the molecule is NCc1nc(-c2cc([N+](=O)[O-])cc(F)c2O)no1. The normalized spacial score (nSPS) is 10.6. The largest absolute Gasteiger partial charge is 0.504 e. The van der Waals surface area contributed by atoms with Crippen molar-refractivity contribution in [3.8, 4) is 17.1 Å². The second kappa shape index (κ2) is 4.37. The summed E-state index contributed by atoms with van der Waals surface area (Å²) in [6.07, 6.45) is 0. The molecule has 0 spiro atoms. The maximum Gasteiger partial charge on any atom is 0.273 e. The summed E-state index contributed by atoms with van der Waals surface area (Å²) in [6.45, 7) is -0.0365. The molecular weight excluding hydrogens is 247 g/mol.